The molecule has 1 saturated heterocycles. The first kappa shape index (κ1) is 22.3. The maximum absolute atomic E-state index is 11.9. The third-order valence-corrected chi connectivity index (χ3v) is 5.76. The molecular weight excluding hydrogens is 396 g/mol. The lowest BCUT2D eigenvalue weighted by atomic mass is 9.80. The fourth-order valence-electron chi connectivity index (χ4n) is 4.04. The largest absolute Gasteiger partial charge is 0.376 e. The van der Waals surface area contributed by atoms with Crippen molar-refractivity contribution >= 4 is 0 Å². The first-order chi connectivity index (χ1) is 15.5. The zero-order chi connectivity index (χ0) is 22.4. The van der Waals surface area contributed by atoms with Crippen LogP contribution in [0.25, 0.3) is 0 Å². The van der Waals surface area contributed by atoms with Gasteiger partial charge in [-0.15, -0.1) is 0 Å². The summed E-state index contributed by atoms with van der Waals surface area (Å²) in [4.78, 5) is 0. The molecule has 3 aromatic rings. The molecule has 0 bridgehead atoms. The van der Waals surface area contributed by atoms with E-state index >= 15 is 0 Å². The lowest BCUT2D eigenvalue weighted by Crippen LogP contribution is -2.33. The molecule has 0 spiro atoms. The quantitative estimate of drug-likeness (QED) is 0.424. The van der Waals surface area contributed by atoms with Gasteiger partial charge in [-0.1, -0.05) is 84.6 Å². The molecule has 0 radical (unpaired) electrons. The molecule has 1 aliphatic rings. The second-order valence-corrected chi connectivity index (χ2v) is 8.69. The van der Waals surface area contributed by atoms with Crippen molar-refractivity contribution in [2.45, 2.75) is 50.6 Å². The molecular formula is C29H30O3. The molecule has 4 rings (SSSR count). The van der Waals surface area contributed by atoms with Crippen LogP contribution < -0.4 is 0 Å². The summed E-state index contributed by atoms with van der Waals surface area (Å²) in [6.07, 6.45) is 2.96. The van der Waals surface area contributed by atoms with Crippen LogP contribution in [0.5, 0.6) is 0 Å². The van der Waals surface area contributed by atoms with Crippen molar-refractivity contribution < 1.29 is 14.6 Å². The van der Waals surface area contributed by atoms with Crippen molar-refractivity contribution in [3.63, 3.8) is 0 Å². The second-order valence-electron chi connectivity index (χ2n) is 8.69. The van der Waals surface area contributed by atoms with Gasteiger partial charge in [-0.2, -0.15) is 0 Å². The number of benzene rings is 3. The van der Waals surface area contributed by atoms with E-state index in [2.05, 4.69) is 11.8 Å². The van der Waals surface area contributed by atoms with Gasteiger partial charge >= 0.3 is 0 Å². The predicted octanol–water partition coefficient (Wildman–Crippen LogP) is 5.64. The average molecular weight is 427 g/mol. The predicted molar refractivity (Wildman–Crippen MR) is 127 cm³/mol. The van der Waals surface area contributed by atoms with E-state index in [-0.39, 0.29) is 6.29 Å². The van der Waals surface area contributed by atoms with Crippen molar-refractivity contribution in [2.24, 2.45) is 0 Å². The fourth-order valence-corrected chi connectivity index (χ4v) is 4.04. The molecule has 1 fully saturated rings. The number of rotatable bonds is 5. The smallest absolute Gasteiger partial charge is 0.159 e. The topological polar surface area (TPSA) is 38.7 Å². The highest BCUT2D eigenvalue weighted by Crippen LogP contribution is 2.36. The summed E-state index contributed by atoms with van der Waals surface area (Å²) in [6, 6.07) is 27.3. The van der Waals surface area contributed by atoms with Gasteiger partial charge in [-0.05, 0) is 61.9 Å². The number of hydrogen-bond donors (Lipinski definition) is 1. The van der Waals surface area contributed by atoms with E-state index in [1.807, 2.05) is 98.8 Å². The summed E-state index contributed by atoms with van der Waals surface area (Å²) >= 11 is 0. The maximum atomic E-state index is 11.9. The highest BCUT2D eigenvalue weighted by atomic mass is 16.7. The molecule has 1 heterocycles. The Morgan fingerprint density at radius 2 is 1.38 bits per heavy atom. The minimum Gasteiger partial charge on any atom is -0.376 e. The minimum absolute atomic E-state index is 0.179. The monoisotopic (exact) mass is 426 g/mol. The summed E-state index contributed by atoms with van der Waals surface area (Å²) < 4.78 is 11.7. The molecule has 3 heteroatoms. The van der Waals surface area contributed by atoms with Crippen molar-refractivity contribution in [2.75, 3.05) is 6.61 Å². The zero-order valence-corrected chi connectivity index (χ0v) is 18.8. The second kappa shape index (κ2) is 9.71. The summed E-state index contributed by atoms with van der Waals surface area (Å²) in [6.45, 7) is 4.69. The molecule has 1 N–H and O–H groups in total. The van der Waals surface area contributed by atoms with Crippen LogP contribution in [0.3, 0.4) is 0 Å². The van der Waals surface area contributed by atoms with Crippen LogP contribution in [0.4, 0.5) is 0 Å². The van der Waals surface area contributed by atoms with Crippen molar-refractivity contribution in [1.82, 2.24) is 0 Å². The summed E-state index contributed by atoms with van der Waals surface area (Å²) in [5.74, 6) is 6.45. The van der Waals surface area contributed by atoms with E-state index in [0.29, 0.717) is 0 Å². The Bertz CT molecular complexity index is 1010. The molecule has 0 amide bonds. The molecule has 1 atom stereocenters. The van der Waals surface area contributed by atoms with Crippen LogP contribution >= 0.6 is 0 Å². The lowest BCUT2D eigenvalue weighted by Gasteiger charge is -2.30. The SMILES string of the molecule is CC(C)(C#Cc1ccc(C(O)(c2ccccc2)c2ccccc2)cc1)OC1CCCCO1. The summed E-state index contributed by atoms with van der Waals surface area (Å²) in [5.41, 5.74) is 1.48. The van der Waals surface area contributed by atoms with Crippen LogP contribution in [0.2, 0.25) is 0 Å². The van der Waals surface area contributed by atoms with E-state index in [4.69, 9.17) is 9.47 Å². The fraction of sp³-hybridized carbons (Fsp3) is 0.310. The summed E-state index contributed by atoms with van der Waals surface area (Å²) in [7, 11) is 0. The first-order valence-electron chi connectivity index (χ1n) is 11.2. The highest BCUT2D eigenvalue weighted by molar-refractivity contribution is 5.49. The Morgan fingerprint density at radius 3 is 1.91 bits per heavy atom. The minimum atomic E-state index is -1.24. The zero-order valence-electron chi connectivity index (χ0n) is 18.8. The third kappa shape index (κ3) is 5.11. The van der Waals surface area contributed by atoms with Gasteiger partial charge in [-0.25, -0.2) is 0 Å². The van der Waals surface area contributed by atoms with E-state index in [0.717, 1.165) is 48.1 Å². The van der Waals surface area contributed by atoms with E-state index < -0.39 is 11.2 Å². The van der Waals surface area contributed by atoms with Gasteiger partial charge in [0.2, 0.25) is 0 Å². The van der Waals surface area contributed by atoms with E-state index in [1.165, 1.54) is 0 Å². The molecule has 32 heavy (non-hydrogen) atoms. The molecule has 1 aliphatic heterocycles. The normalized spacial score (nSPS) is 16.8. The molecule has 0 aliphatic carbocycles. The maximum Gasteiger partial charge on any atom is 0.159 e. The van der Waals surface area contributed by atoms with Crippen LogP contribution in [-0.4, -0.2) is 23.6 Å². The van der Waals surface area contributed by atoms with Gasteiger partial charge in [0.1, 0.15) is 11.2 Å². The summed E-state index contributed by atoms with van der Waals surface area (Å²) in [5, 5.41) is 11.9. The van der Waals surface area contributed by atoms with Gasteiger partial charge in [0.05, 0.1) is 0 Å². The Kier molecular flexibility index (Phi) is 6.77. The number of ether oxygens (including phenoxy) is 2. The van der Waals surface area contributed by atoms with Crippen LogP contribution in [0.1, 0.15) is 55.4 Å². The van der Waals surface area contributed by atoms with Crippen LogP contribution in [-0.2, 0) is 15.1 Å². The highest BCUT2D eigenvalue weighted by Gasteiger charge is 2.33. The Morgan fingerprint density at radius 1 is 0.812 bits per heavy atom. The lowest BCUT2D eigenvalue weighted by molar-refractivity contribution is -0.199. The average Bonchev–Trinajstić information content (AvgIpc) is 2.84. The van der Waals surface area contributed by atoms with E-state index in [1.54, 1.807) is 0 Å². The van der Waals surface area contributed by atoms with Crippen molar-refractivity contribution in [3.05, 3.63) is 107 Å². The molecule has 0 saturated carbocycles. The van der Waals surface area contributed by atoms with Crippen LogP contribution in [0, 0.1) is 11.8 Å². The molecule has 3 nitrogen and oxygen atoms in total. The van der Waals surface area contributed by atoms with Gasteiger partial charge in [0.25, 0.3) is 0 Å². The molecule has 164 valence electrons. The standard InChI is InChI=1S/C29H30O3/c1-28(2,32-27-15-9-10-22-31-27)21-20-23-16-18-26(19-17-23)29(30,24-11-5-3-6-12-24)25-13-7-4-8-14-25/h3-8,11-14,16-19,27,30H,9-10,15,22H2,1-2H3. The van der Waals surface area contributed by atoms with Gasteiger partial charge in [0.15, 0.2) is 6.29 Å². The van der Waals surface area contributed by atoms with Gasteiger partial charge < -0.3 is 14.6 Å². The molecule has 3 aromatic carbocycles. The third-order valence-electron chi connectivity index (χ3n) is 5.76. The molecule has 1 unspecified atom stereocenters. The Balaban J connectivity index is 1.59. The van der Waals surface area contributed by atoms with Crippen molar-refractivity contribution in [1.29, 1.82) is 0 Å². The molecule has 0 aromatic heterocycles. The Labute approximate surface area is 191 Å². The first-order valence-corrected chi connectivity index (χ1v) is 11.2. The van der Waals surface area contributed by atoms with E-state index in [9.17, 15) is 5.11 Å². The van der Waals surface area contributed by atoms with Gasteiger partial charge in [0, 0.05) is 12.2 Å². The number of aliphatic hydroxyl groups is 1. The van der Waals surface area contributed by atoms with Crippen molar-refractivity contribution in [3.8, 4) is 11.8 Å². The number of hydrogen-bond acceptors (Lipinski definition) is 3. The van der Waals surface area contributed by atoms with Crippen LogP contribution in [0.15, 0.2) is 84.9 Å². The van der Waals surface area contributed by atoms with Gasteiger partial charge in [-0.3, -0.25) is 0 Å². The Hall–Kier alpha value is -2.90.